The molecule has 1 heterocycles. The lowest BCUT2D eigenvalue weighted by Gasteiger charge is -2.11. The van der Waals surface area contributed by atoms with Gasteiger partial charge in [0.2, 0.25) is 0 Å². The predicted molar refractivity (Wildman–Crippen MR) is 77.0 cm³/mol. The van der Waals surface area contributed by atoms with Crippen LogP contribution in [0.25, 0.3) is 10.8 Å². The molecule has 0 fully saturated rings. The summed E-state index contributed by atoms with van der Waals surface area (Å²) in [7, 11) is 3.81. The Kier molecular flexibility index (Phi) is 4.14. The highest BCUT2D eigenvalue weighted by atomic mass is 19.1. The predicted octanol–water partition coefficient (Wildman–Crippen LogP) is 1.25. The zero-order chi connectivity index (χ0) is 14.7. The lowest BCUT2D eigenvalue weighted by Crippen LogP contribution is -2.32. The normalized spacial score (nSPS) is 11.0. The Bertz CT molecular complexity index is 642. The van der Waals surface area contributed by atoms with Crippen LogP contribution in [-0.4, -0.2) is 43.0 Å². The zero-order valence-corrected chi connectivity index (χ0v) is 11.5. The SMILES string of the molecule is CN(C)CCNC(=O)c1nccc2c(N)ccc(F)c12. The number of amides is 1. The fourth-order valence-electron chi connectivity index (χ4n) is 1.93. The van der Waals surface area contributed by atoms with E-state index in [1.807, 2.05) is 19.0 Å². The molecule has 0 atom stereocenters. The van der Waals surface area contributed by atoms with Crippen LogP contribution in [0.1, 0.15) is 10.5 Å². The molecule has 106 valence electrons. The van der Waals surface area contributed by atoms with Gasteiger partial charge in [0.25, 0.3) is 5.91 Å². The van der Waals surface area contributed by atoms with Crippen LogP contribution in [-0.2, 0) is 0 Å². The lowest BCUT2D eigenvalue weighted by atomic mass is 10.1. The van der Waals surface area contributed by atoms with Gasteiger partial charge in [0.1, 0.15) is 11.5 Å². The van der Waals surface area contributed by atoms with E-state index in [9.17, 15) is 9.18 Å². The molecular formula is C14H17FN4O. The van der Waals surface area contributed by atoms with Gasteiger partial charge in [0.05, 0.1) is 5.39 Å². The van der Waals surface area contributed by atoms with Crippen molar-refractivity contribution in [2.24, 2.45) is 0 Å². The van der Waals surface area contributed by atoms with Crippen LogP contribution < -0.4 is 11.1 Å². The summed E-state index contributed by atoms with van der Waals surface area (Å²) in [5, 5.41) is 3.38. The molecule has 1 aromatic carbocycles. The van der Waals surface area contributed by atoms with Gasteiger partial charge < -0.3 is 16.0 Å². The largest absolute Gasteiger partial charge is 0.398 e. The molecule has 0 unspecified atom stereocenters. The molecule has 5 nitrogen and oxygen atoms in total. The number of nitrogen functional groups attached to an aromatic ring is 1. The molecule has 20 heavy (non-hydrogen) atoms. The number of carbonyl (C=O) groups is 1. The van der Waals surface area contributed by atoms with Crippen molar-refractivity contribution in [3.8, 4) is 0 Å². The van der Waals surface area contributed by atoms with Crippen LogP contribution in [0, 0.1) is 5.82 Å². The third-order valence-corrected chi connectivity index (χ3v) is 2.97. The summed E-state index contributed by atoms with van der Waals surface area (Å²) in [5.41, 5.74) is 6.28. The number of carbonyl (C=O) groups excluding carboxylic acids is 1. The molecule has 0 spiro atoms. The number of nitrogens with one attached hydrogen (secondary N) is 1. The van der Waals surface area contributed by atoms with Crippen molar-refractivity contribution in [2.75, 3.05) is 32.9 Å². The number of nitrogens with two attached hydrogens (primary N) is 1. The second-order valence-electron chi connectivity index (χ2n) is 4.78. The lowest BCUT2D eigenvalue weighted by molar-refractivity contribution is 0.0947. The average Bonchev–Trinajstić information content (AvgIpc) is 2.42. The summed E-state index contributed by atoms with van der Waals surface area (Å²) < 4.78 is 14.0. The molecule has 6 heteroatoms. The number of pyridine rings is 1. The van der Waals surface area contributed by atoms with Gasteiger partial charge in [-0.1, -0.05) is 0 Å². The van der Waals surface area contributed by atoms with E-state index in [2.05, 4.69) is 10.3 Å². The molecule has 0 radical (unpaired) electrons. The number of halogens is 1. The minimum atomic E-state index is -0.500. The molecular weight excluding hydrogens is 259 g/mol. The molecule has 2 aromatic rings. The molecule has 3 N–H and O–H groups in total. The third-order valence-electron chi connectivity index (χ3n) is 2.97. The van der Waals surface area contributed by atoms with Crippen molar-refractivity contribution < 1.29 is 9.18 Å². The molecule has 1 aromatic heterocycles. The zero-order valence-electron chi connectivity index (χ0n) is 11.5. The van der Waals surface area contributed by atoms with E-state index >= 15 is 0 Å². The molecule has 0 aliphatic carbocycles. The Morgan fingerprint density at radius 3 is 2.85 bits per heavy atom. The Morgan fingerprint density at radius 2 is 2.15 bits per heavy atom. The highest BCUT2D eigenvalue weighted by Crippen LogP contribution is 2.25. The van der Waals surface area contributed by atoms with Gasteiger partial charge >= 0.3 is 0 Å². The summed E-state index contributed by atoms with van der Waals surface area (Å²) in [6.45, 7) is 1.16. The molecule has 0 aliphatic rings. The van der Waals surface area contributed by atoms with Crippen molar-refractivity contribution >= 4 is 22.4 Å². The van der Waals surface area contributed by atoms with Crippen LogP contribution in [0.4, 0.5) is 10.1 Å². The average molecular weight is 276 g/mol. The first-order chi connectivity index (χ1) is 9.50. The number of nitrogens with zero attached hydrogens (tertiary/aromatic N) is 2. The van der Waals surface area contributed by atoms with E-state index in [-0.39, 0.29) is 11.1 Å². The molecule has 0 aliphatic heterocycles. The maximum absolute atomic E-state index is 14.0. The summed E-state index contributed by atoms with van der Waals surface area (Å²) in [5.74, 6) is -0.901. The Labute approximate surface area is 116 Å². The smallest absolute Gasteiger partial charge is 0.270 e. The first-order valence-corrected chi connectivity index (χ1v) is 6.26. The Balaban J connectivity index is 2.35. The van der Waals surface area contributed by atoms with Crippen molar-refractivity contribution in [1.29, 1.82) is 0 Å². The second kappa shape index (κ2) is 5.83. The maximum Gasteiger partial charge on any atom is 0.270 e. The Hall–Kier alpha value is -2.21. The number of hydrogen-bond donors (Lipinski definition) is 2. The fraction of sp³-hybridized carbons (Fsp3) is 0.286. The third kappa shape index (κ3) is 2.85. The van der Waals surface area contributed by atoms with E-state index in [4.69, 9.17) is 5.73 Å². The van der Waals surface area contributed by atoms with Crippen molar-refractivity contribution in [3.05, 3.63) is 35.9 Å². The van der Waals surface area contributed by atoms with Gasteiger partial charge in [-0.05, 0) is 32.3 Å². The Morgan fingerprint density at radius 1 is 1.40 bits per heavy atom. The number of rotatable bonds is 4. The summed E-state index contributed by atoms with van der Waals surface area (Å²) in [6.07, 6.45) is 1.46. The van der Waals surface area contributed by atoms with Gasteiger partial charge in [-0.15, -0.1) is 0 Å². The van der Waals surface area contributed by atoms with Crippen LogP contribution in [0.2, 0.25) is 0 Å². The number of benzene rings is 1. The molecule has 1 amide bonds. The number of hydrogen-bond acceptors (Lipinski definition) is 4. The van der Waals surface area contributed by atoms with Crippen LogP contribution in [0.5, 0.6) is 0 Å². The van der Waals surface area contributed by atoms with E-state index < -0.39 is 11.7 Å². The van der Waals surface area contributed by atoms with E-state index in [1.165, 1.54) is 18.3 Å². The molecule has 0 saturated carbocycles. The molecule has 0 saturated heterocycles. The minimum absolute atomic E-state index is 0.0612. The first kappa shape index (κ1) is 14.2. The fourth-order valence-corrected chi connectivity index (χ4v) is 1.93. The van der Waals surface area contributed by atoms with Gasteiger partial charge in [-0.25, -0.2) is 4.39 Å². The van der Waals surface area contributed by atoms with E-state index in [1.54, 1.807) is 6.07 Å². The van der Waals surface area contributed by atoms with Crippen LogP contribution in [0.3, 0.4) is 0 Å². The summed E-state index contributed by atoms with van der Waals surface area (Å²) >= 11 is 0. The quantitative estimate of drug-likeness (QED) is 0.824. The first-order valence-electron chi connectivity index (χ1n) is 6.26. The summed E-state index contributed by atoms with van der Waals surface area (Å²) in [6, 6.07) is 4.33. The van der Waals surface area contributed by atoms with Crippen LogP contribution >= 0.6 is 0 Å². The van der Waals surface area contributed by atoms with Crippen molar-refractivity contribution in [1.82, 2.24) is 15.2 Å². The van der Waals surface area contributed by atoms with Crippen molar-refractivity contribution in [2.45, 2.75) is 0 Å². The number of likely N-dealkylation sites (N-methyl/N-ethyl adjacent to an activating group) is 1. The second-order valence-corrected chi connectivity index (χ2v) is 4.78. The van der Waals surface area contributed by atoms with Gasteiger partial charge in [0.15, 0.2) is 0 Å². The number of aromatic nitrogens is 1. The van der Waals surface area contributed by atoms with Crippen LogP contribution in [0.15, 0.2) is 24.4 Å². The monoisotopic (exact) mass is 276 g/mol. The molecule has 2 rings (SSSR count). The standard InChI is InChI=1S/C14H17FN4O/c1-19(2)8-7-18-14(20)13-12-9(5-6-17-13)11(16)4-3-10(12)15/h3-6H,7-8,16H2,1-2H3,(H,18,20). The number of fused-ring (bicyclic) bond motifs is 1. The maximum atomic E-state index is 14.0. The number of anilines is 1. The van der Waals surface area contributed by atoms with Crippen molar-refractivity contribution in [3.63, 3.8) is 0 Å². The topological polar surface area (TPSA) is 71.2 Å². The van der Waals surface area contributed by atoms with Gasteiger partial charge in [-0.2, -0.15) is 0 Å². The molecule has 0 bridgehead atoms. The highest BCUT2D eigenvalue weighted by Gasteiger charge is 2.16. The summed E-state index contributed by atoms with van der Waals surface area (Å²) in [4.78, 5) is 18.0. The minimum Gasteiger partial charge on any atom is -0.398 e. The van der Waals surface area contributed by atoms with Gasteiger partial charge in [-0.3, -0.25) is 9.78 Å². The van der Waals surface area contributed by atoms with E-state index in [0.717, 1.165) is 0 Å². The van der Waals surface area contributed by atoms with E-state index in [0.29, 0.717) is 24.2 Å². The van der Waals surface area contributed by atoms with Gasteiger partial charge in [0, 0.05) is 30.4 Å². The highest BCUT2D eigenvalue weighted by molar-refractivity contribution is 6.08.